The van der Waals surface area contributed by atoms with Crippen molar-refractivity contribution in [1.29, 1.82) is 0 Å². The molecule has 2 N–H and O–H groups in total. The number of anilines is 3. The normalized spacial score (nSPS) is 10.6. The second kappa shape index (κ2) is 7.35. The molecule has 1 amide bonds. The highest BCUT2D eigenvalue weighted by molar-refractivity contribution is 9.10. The van der Waals surface area contributed by atoms with E-state index in [0.29, 0.717) is 24.0 Å². The molecule has 0 aliphatic rings. The lowest BCUT2D eigenvalue weighted by atomic mass is 10.1. The topological polar surface area (TPSA) is 66.9 Å². The van der Waals surface area contributed by atoms with Crippen LogP contribution >= 0.6 is 15.9 Å². The van der Waals surface area contributed by atoms with E-state index in [0.717, 1.165) is 10.2 Å². The average Bonchev–Trinajstić information content (AvgIpc) is 2.43. The first kappa shape index (κ1) is 16.4. The van der Waals surface area contributed by atoms with Gasteiger partial charge in [0.2, 0.25) is 5.91 Å². The number of halogens is 1. The van der Waals surface area contributed by atoms with Crippen LogP contribution in [0.4, 0.5) is 17.3 Å². The zero-order valence-electron chi connectivity index (χ0n) is 12.9. The van der Waals surface area contributed by atoms with E-state index in [1.54, 1.807) is 12.1 Å². The maximum Gasteiger partial charge on any atom is 0.225 e. The van der Waals surface area contributed by atoms with Crippen molar-refractivity contribution in [3.63, 3.8) is 0 Å². The highest BCUT2D eigenvalue weighted by Gasteiger charge is 2.07. The van der Waals surface area contributed by atoms with Crippen LogP contribution in [0.5, 0.6) is 0 Å². The molecular weight excluding hydrogens is 344 g/mol. The molecule has 22 heavy (non-hydrogen) atoms. The van der Waals surface area contributed by atoms with Gasteiger partial charge in [-0.3, -0.25) is 4.79 Å². The summed E-state index contributed by atoms with van der Waals surface area (Å²) in [5, 5.41) is 14.0. The fraction of sp³-hybridized carbons (Fsp3) is 0.312. The lowest BCUT2D eigenvalue weighted by molar-refractivity contribution is -0.116. The lowest BCUT2D eigenvalue weighted by Gasteiger charge is -2.09. The molecule has 6 heteroatoms. The Morgan fingerprint density at radius 1 is 1.18 bits per heavy atom. The maximum absolute atomic E-state index is 11.7. The number of carbonyl (C=O) groups excluding carboxylic acids is 1. The lowest BCUT2D eigenvalue weighted by Crippen LogP contribution is -2.15. The molecule has 0 aliphatic heterocycles. The molecule has 0 unspecified atom stereocenters. The van der Waals surface area contributed by atoms with Crippen molar-refractivity contribution in [2.75, 3.05) is 10.6 Å². The van der Waals surface area contributed by atoms with Gasteiger partial charge in [0.05, 0.1) is 5.69 Å². The summed E-state index contributed by atoms with van der Waals surface area (Å²) in [6.07, 6.45) is 0.470. The third-order valence-electron chi connectivity index (χ3n) is 2.91. The van der Waals surface area contributed by atoms with E-state index in [1.807, 2.05) is 39.0 Å². The molecule has 0 fully saturated rings. The number of rotatable bonds is 5. The van der Waals surface area contributed by atoms with Gasteiger partial charge in [0, 0.05) is 10.9 Å². The van der Waals surface area contributed by atoms with Crippen molar-refractivity contribution in [2.24, 2.45) is 5.92 Å². The molecule has 5 nitrogen and oxygen atoms in total. The van der Waals surface area contributed by atoms with Crippen molar-refractivity contribution >= 4 is 39.2 Å². The van der Waals surface area contributed by atoms with Crippen LogP contribution in [-0.2, 0) is 4.79 Å². The van der Waals surface area contributed by atoms with Gasteiger partial charge in [-0.25, -0.2) is 0 Å². The Morgan fingerprint density at radius 3 is 2.45 bits per heavy atom. The first-order chi connectivity index (χ1) is 10.4. The van der Waals surface area contributed by atoms with Crippen molar-refractivity contribution < 1.29 is 4.79 Å². The van der Waals surface area contributed by atoms with E-state index >= 15 is 0 Å². The molecule has 116 valence electrons. The van der Waals surface area contributed by atoms with E-state index in [9.17, 15) is 4.79 Å². The molecule has 0 saturated heterocycles. The van der Waals surface area contributed by atoms with Crippen LogP contribution in [0.1, 0.15) is 25.8 Å². The fourth-order valence-electron chi connectivity index (χ4n) is 1.89. The van der Waals surface area contributed by atoms with Crippen molar-refractivity contribution in [2.45, 2.75) is 27.2 Å². The van der Waals surface area contributed by atoms with Crippen LogP contribution in [0, 0.1) is 12.8 Å². The summed E-state index contributed by atoms with van der Waals surface area (Å²) in [4.78, 5) is 11.7. The van der Waals surface area contributed by atoms with Crippen LogP contribution in [0.25, 0.3) is 0 Å². The number of benzene rings is 1. The summed E-state index contributed by atoms with van der Waals surface area (Å²) in [5.74, 6) is 1.34. The summed E-state index contributed by atoms with van der Waals surface area (Å²) < 4.78 is 0.962. The summed E-state index contributed by atoms with van der Waals surface area (Å²) in [5.41, 5.74) is 2.09. The summed E-state index contributed by atoms with van der Waals surface area (Å²) in [6.45, 7) is 6.03. The van der Waals surface area contributed by atoms with Crippen LogP contribution in [-0.4, -0.2) is 16.1 Å². The Kier molecular flexibility index (Phi) is 5.49. The minimum atomic E-state index is -0.0497. The predicted molar refractivity (Wildman–Crippen MR) is 92.3 cm³/mol. The minimum absolute atomic E-state index is 0.0497. The van der Waals surface area contributed by atoms with E-state index in [-0.39, 0.29) is 5.91 Å². The molecule has 0 atom stereocenters. The number of carbonyl (C=O) groups is 1. The zero-order chi connectivity index (χ0) is 16.1. The van der Waals surface area contributed by atoms with Crippen molar-refractivity contribution in [1.82, 2.24) is 10.2 Å². The average molecular weight is 363 g/mol. The van der Waals surface area contributed by atoms with Gasteiger partial charge in [0.15, 0.2) is 11.6 Å². The number of amides is 1. The number of aryl methyl sites for hydroxylation is 1. The zero-order valence-corrected chi connectivity index (χ0v) is 14.4. The van der Waals surface area contributed by atoms with Gasteiger partial charge in [-0.05, 0) is 58.6 Å². The quantitative estimate of drug-likeness (QED) is 0.832. The van der Waals surface area contributed by atoms with E-state index in [2.05, 4.69) is 36.8 Å². The Bertz CT molecular complexity index is 656. The molecule has 0 spiro atoms. The monoisotopic (exact) mass is 362 g/mol. The molecule has 2 aromatic rings. The van der Waals surface area contributed by atoms with Gasteiger partial charge in [-0.2, -0.15) is 0 Å². The predicted octanol–water partition coefficient (Wildman–Crippen LogP) is 4.28. The second-order valence-electron chi connectivity index (χ2n) is 5.56. The number of aromatic nitrogens is 2. The second-order valence-corrected chi connectivity index (χ2v) is 6.41. The SMILES string of the molecule is Cc1ccc(Nc2ccc(NC(=O)CC(C)C)nn2)c(Br)c1. The number of hydrogen-bond donors (Lipinski definition) is 2. The summed E-state index contributed by atoms with van der Waals surface area (Å²) in [7, 11) is 0. The third kappa shape index (κ3) is 4.80. The molecule has 1 aromatic heterocycles. The summed E-state index contributed by atoms with van der Waals surface area (Å²) in [6, 6.07) is 9.52. The van der Waals surface area contributed by atoms with E-state index in [1.165, 1.54) is 5.56 Å². The highest BCUT2D eigenvalue weighted by Crippen LogP contribution is 2.26. The first-order valence-electron chi connectivity index (χ1n) is 7.11. The fourth-order valence-corrected chi connectivity index (χ4v) is 2.48. The first-order valence-corrected chi connectivity index (χ1v) is 7.90. The summed E-state index contributed by atoms with van der Waals surface area (Å²) >= 11 is 3.51. The van der Waals surface area contributed by atoms with Gasteiger partial charge in [0.1, 0.15) is 0 Å². The molecule has 1 aromatic carbocycles. The Balaban J connectivity index is 2.01. The van der Waals surface area contributed by atoms with Crippen LogP contribution in [0.2, 0.25) is 0 Å². The maximum atomic E-state index is 11.7. The molecule has 0 bridgehead atoms. The van der Waals surface area contributed by atoms with Crippen LogP contribution in [0.3, 0.4) is 0 Å². The van der Waals surface area contributed by atoms with Gasteiger partial charge < -0.3 is 10.6 Å². The molecule has 0 aliphatic carbocycles. The molecule has 0 saturated carbocycles. The van der Waals surface area contributed by atoms with Crippen molar-refractivity contribution in [3.05, 3.63) is 40.4 Å². The Labute approximate surface area is 138 Å². The number of nitrogens with zero attached hydrogens (tertiary/aromatic N) is 2. The van der Waals surface area contributed by atoms with Crippen molar-refractivity contribution in [3.8, 4) is 0 Å². The molecule has 2 rings (SSSR count). The Morgan fingerprint density at radius 2 is 1.86 bits per heavy atom. The Hall–Kier alpha value is -1.95. The van der Waals surface area contributed by atoms with Crippen LogP contribution in [0.15, 0.2) is 34.8 Å². The smallest absolute Gasteiger partial charge is 0.225 e. The molecule has 0 radical (unpaired) electrons. The van der Waals surface area contributed by atoms with Gasteiger partial charge in [0.25, 0.3) is 0 Å². The van der Waals surface area contributed by atoms with Gasteiger partial charge in [-0.1, -0.05) is 19.9 Å². The van der Waals surface area contributed by atoms with Gasteiger partial charge in [-0.15, -0.1) is 10.2 Å². The molecule has 1 heterocycles. The standard InChI is InChI=1S/C16H19BrN4O/c1-10(2)8-16(22)19-15-7-6-14(20-21-15)18-13-5-4-11(3)9-12(13)17/h4-7,9-10H,8H2,1-3H3,(H,18,20)(H,19,21,22). The van der Waals surface area contributed by atoms with E-state index < -0.39 is 0 Å². The van der Waals surface area contributed by atoms with Crippen LogP contribution < -0.4 is 10.6 Å². The number of hydrogen-bond acceptors (Lipinski definition) is 4. The van der Waals surface area contributed by atoms with E-state index in [4.69, 9.17) is 0 Å². The highest BCUT2D eigenvalue weighted by atomic mass is 79.9. The van der Waals surface area contributed by atoms with Gasteiger partial charge >= 0.3 is 0 Å². The molecular formula is C16H19BrN4O. The largest absolute Gasteiger partial charge is 0.338 e. The minimum Gasteiger partial charge on any atom is -0.338 e. The third-order valence-corrected chi connectivity index (χ3v) is 3.57. The number of nitrogens with one attached hydrogen (secondary N) is 2.